The molecular weight excluding hydrogens is 290 g/mol. The number of anilines is 2. The van der Waals surface area contributed by atoms with E-state index in [2.05, 4.69) is 71.5 Å². The highest BCUT2D eigenvalue weighted by Crippen LogP contribution is 2.30. The predicted octanol–water partition coefficient (Wildman–Crippen LogP) is 4.75. The van der Waals surface area contributed by atoms with Gasteiger partial charge < -0.3 is 10.2 Å². The van der Waals surface area contributed by atoms with Gasteiger partial charge in [-0.05, 0) is 37.6 Å². The lowest BCUT2D eigenvalue weighted by Crippen LogP contribution is -2.21. The van der Waals surface area contributed by atoms with Crippen LogP contribution in [0.2, 0.25) is 0 Å². The number of aromatic nitrogens is 1. The van der Waals surface area contributed by atoms with E-state index in [1.165, 1.54) is 16.0 Å². The molecule has 2 aromatic carbocycles. The van der Waals surface area contributed by atoms with E-state index >= 15 is 0 Å². The van der Waals surface area contributed by atoms with Crippen molar-refractivity contribution in [2.45, 2.75) is 20.4 Å². The minimum absolute atomic E-state index is 0.809. The Bertz CT molecular complexity index is 732. The van der Waals surface area contributed by atoms with E-state index in [4.69, 9.17) is 0 Å². The molecule has 3 aromatic rings. The normalized spacial score (nSPS) is 10.8. The first-order valence-electron chi connectivity index (χ1n) is 7.73. The van der Waals surface area contributed by atoms with Crippen molar-refractivity contribution in [3.63, 3.8) is 0 Å². The van der Waals surface area contributed by atoms with Crippen LogP contribution in [0.5, 0.6) is 0 Å². The molecule has 3 rings (SSSR count). The van der Waals surface area contributed by atoms with Gasteiger partial charge in [-0.25, -0.2) is 4.98 Å². The van der Waals surface area contributed by atoms with E-state index in [9.17, 15) is 0 Å². The Morgan fingerprint density at radius 1 is 1.05 bits per heavy atom. The zero-order valence-electron chi connectivity index (χ0n) is 13.0. The molecular formula is C18H21N3S. The summed E-state index contributed by atoms with van der Waals surface area (Å²) in [6.45, 7) is 7.24. The van der Waals surface area contributed by atoms with E-state index < -0.39 is 0 Å². The SMILES string of the molecule is CCN(CC)c1ccc2nc(NCc3ccccc3)sc2c1. The summed E-state index contributed by atoms with van der Waals surface area (Å²) in [5.74, 6) is 0. The Hall–Kier alpha value is -2.07. The van der Waals surface area contributed by atoms with Crippen LogP contribution in [-0.2, 0) is 6.54 Å². The summed E-state index contributed by atoms with van der Waals surface area (Å²) >= 11 is 1.72. The van der Waals surface area contributed by atoms with E-state index in [1.807, 2.05) is 6.07 Å². The number of rotatable bonds is 6. The first-order valence-corrected chi connectivity index (χ1v) is 8.55. The van der Waals surface area contributed by atoms with Gasteiger partial charge in [0.25, 0.3) is 0 Å². The molecule has 0 saturated carbocycles. The molecule has 0 fully saturated rings. The number of hydrogen-bond acceptors (Lipinski definition) is 4. The second kappa shape index (κ2) is 6.79. The largest absolute Gasteiger partial charge is 0.372 e. The summed E-state index contributed by atoms with van der Waals surface area (Å²) in [4.78, 5) is 7.03. The molecule has 114 valence electrons. The summed E-state index contributed by atoms with van der Waals surface area (Å²) in [5.41, 5.74) is 3.61. The molecule has 22 heavy (non-hydrogen) atoms. The maximum absolute atomic E-state index is 4.67. The fraction of sp³-hybridized carbons (Fsp3) is 0.278. The summed E-state index contributed by atoms with van der Waals surface area (Å²) in [6, 6.07) is 16.9. The molecule has 3 nitrogen and oxygen atoms in total. The molecule has 0 unspecified atom stereocenters. The summed E-state index contributed by atoms with van der Waals surface area (Å²) in [7, 11) is 0. The highest BCUT2D eigenvalue weighted by Gasteiger charge is 2.07. The third-order valence-corrected chi connectivity index (χ3v) is 4.76. The Morgan fingerprint density at radius 3 is 2.55 bits per heavy atom. The summed E-state index contributed by atoms with van der Waals surface area (Å²) in [5, 5.41) is 4.40. The van der Waals surface area contributed by atoms with E-state index in [-0.39, 0.29) is 0 Å². The van der Waals surface area contributed by atoms with Crippen molar-refractivity contribution in [2.24, 2.45) is 0 Å². The third-order valence-electron chi connectivity index (χ3n) is 3.79. The van der Waals surface area contributed by atoms with Crippen molar-refractivity contribution in [2.75, 3.05) is 23.3 Å². The second-order valence-corrected chi connectivity index (χ2v) is 6.21. The van der Waals surface area contributed by atoms with Crippen LogP contribution in [0, 0.1) is 0 Å². The van der Waals surface area contributed by atoms with Crippen molar-refractivity contribution in [1.29, 1.82) is 0 Å². The van der Waals surface area contributed by atoms with Gasteiger partial charge in [0.2, 0.25) is 0 Å². The monoisotopic (exact) mass is 311 g/mol. The van der Waals surface area contributed by atoms with E-state index in [1.54, 1.807) is 11.3 Å². The van der Waals surface area contributed by atoms with Crippen molar-refractivity contribution in [3.05, 3.63) is 54.1 Å². The third kappa shape index (κ3) is 3.22. The molecule has 0 atom stereocenters. The first-order chi connectivity index (χ1) is 10.8. The van der Waals surface area contributed by atoms with Crippen molar-refractivity contribution in [3.8, 4) is 0 Å². The van der Waals surface area contributed by atoms with Crippen LogP contribution in [0.1, 0.15) is 19.4 Å². The van der Waals surface area contributed by atoms with Gasteiger partial charge in [0.05, 0.1) is 10.2 Å². The molecule has 1 aromatic heterocycles. The van der Waals surface area contributed by atoms with Gasteiger partial charge in [0.1, 0.15) is 0 Å². The Balaban J connectivity index is 1.78. The molecule has 0 aliphatic carbocycles. The topological polar surface area (TPSA) is 28.2 Å². The maximum atomic E-state index is 4.67. The van der Waals surface area contributed by atoms with Crippen molar-refractivity contribution < 1.29 is 0 Å². The zero-order chi connectivity index (χ0) is 15.4. The van der Waals surface area contributed by atoms with Crippen LogP contribution in [0.25, 0.3) is 10.2 Å². The van der Waals surface area contributed by atoms with Gasteiger partial charge in [-0.3, -0.25) is 0 Å². The average Bonchev–Trinajstić information content (AvgIpc) is 2.97. The predicted molar refractivity (Wildman–Crippen MR) is 96.9 cm³/mol. The van der Waals surface area contributed by atoms with Crippen molar-refractivity contribution >= 4 is 32.4 Å². The molecule has 4 heteroatoms. The average molecular weight is 311 g/mol. The standard InChI is InChI=1S/C18H21N3S/c1-3-21(4-2)15-10-11-16-17(12-15)22-18(20-16)19-13-14-8-6-5-7-9-14/h5-12H,3-4,13H2,1-2H3,(H,19,20). The Labute approximate surface area is 135 Å². The number of nitrogens with one attached hydrogen (secondary N) is 1. The molecule has 1 heterocycles. The lowest BCUT2D eigenvalue weighted by molar-refractivity contribution is 0.867. The summed E-state index contributed by atoms with van der Waals surface area (Å²) < 4.78 is 1.24. The van der Waals surface area contributed by atoms with Crippen LogP contribution in [0.3, 0.4) is 0 Å². The maximum Gasteiger partial charge on any atom is 0.184 e. The van der Waals surface area contributed by atoms with Gasteiger partial charge in [0.15, 0.2) is 5.13 Å². The van der Waals surface area contributed by atoms with Gasteiger partial charge in [-0.2, -0.15) is 0 Å². The second-order valence-electron chi connectivity index (χ2n) is 5.18. The minimum atomic E-state index is 0.809. The van der Waals surface area contributed by atoms with Crippen LogP contribution in [-0.4, -0.2) is 18.1 Å². The van der Waals surface area contributed by atoms with E-state index in [0.717, 1.165) is 30.3 Å². The number of benzene rings is 2. The Kier molecular flexibility index (Phi) is 4.59. The Morgan fingerprint density at radius 2 is 1.82 bits per heavy atom. The number of nitrogens with zero attached hydrogens (tertiary/aromatic N) is 2. The van der Waals surface area contributed by atoms with Gasteiger partial charge in [0, 0.05) is 25.3 Å². The van der Waals surface area contributed by atoms with Crippen LogP contribution >= 0.6 is 11.3 Å². The van der Waals surface area contributed by atoms with Gasteiger partial charge in [-0.15, -0.1) is 0 Å². The minimum Gasteiger partial charge on any atom is -0.372 e. The molecule has 0 aliphatic rings. The fourth-order valence-corrected chi connectivity index (χ4v) is 3.44. The lowest BCUT2D eigenvalue weighted by atomic mass is 10.2. The number of thiazole rings is 1. The molecule has 0 bridgehead atoms. The number of hydrogen-bond donors (Lipinski definition) is 1. The molecule has 1 N–H and O–H groups in total. The van der Waals surface area contributed by atoms with Crippen LogP contribution in [0.15, 0.2) is 48.5 Å². The molecule has 0 aliphatic heterocycles. The molecule has 0 spiro atoms. The highest BCUT2D eigenvalue weighted by molar-refractivity contribution is 7.22. The van der Waals surface area contributed by atoms with Crippen LogP contribution < -0.4 is 10.2 Å². The quantitative estimate of drug-likeness (QED) is 0.711. The lowest BCUT2D eigenvalue weighted by Gasteiger charge is -2.20. The van der Waals surface area contributed by atoms with Gasteiger partial charge in [-0.1, -0.05) is 41.7 Å². The molecule has 0 saturated heterocycles. The van der Waals surface area contributed by atoms with Crippen LogP contribution in [0.4, 0.5) is 10.8 Å². The van der Waals surface area contributed by atoms with Gasteiger partial charge >= 0.3 is 0 Å². The summed E-state index contributed by atoms with van der Waals surface area (Å²) in [6.07, 6.45) is 0. The smallest absolute Gasteiger partial charge is 0.184 e. The molecule has 0 amide bonds. The fourth-order valence-electron chi connectivity index (χ4n) is 2.55. The highest BCUT2D eigenvalue weighted by atomic mass is 32.1. The molecule has 0 radical (unpaired) electrons. The van der Waals surface area contributed by atoms with E-state index in [0.29, 0.717) is 0 Å². The first kappa shape index (κ1) is 14.9. The number of fused-ring (bicyclic) bond motifs is 1. The zero-order valence-corrected chi connectivity index (χ0v) is 13.9. The van der Waals surface area contributed by atoms with Crippen molar-refractivity contribution in [1.82, 2.24) is 4.98 Å².